The molecule has 336 valence electrons. The quantitative estimate of drug-likeness (QED) is 0.160. The topological polar surface area (TPSA) is 45.0 Å². The lowest BCUT2D eigenvalue weighted by atomic mass is 9.98. The summed E-state index contributed by atoms with van der Waals surface area (Å²) in [5.74, 6) is 0.673. The van der Waals surface area contributed by atoms with Crippen molar-refractivity contribution in [2.75, 3.05) is 0 Å². The van der Waals surface area contributed by atoms with E-state index in [4.69, 9.17) is 4.98 Å². The van der Waals surface area contributed by atoms with E-state index in [0.717, 1.165) is 50.6 Å². The van der Waals surface area contributed by atoms with Crippen molar-refractivity contribution in [3.63, 3.8) is 0 Å². The zero-order chi connectivity index (χ0) is 47.3. The monoisotopic (exact) mass is 918 g/mol. The standard InChI is InChI=1S/C66H42N6/c1-4-15-44(16-5-1)65-64(68-66-67-37-14-38-69(65)66)43-25-31-51(32-26-43)72-62-35-29-47(45-27-33-60-54(39-45)52-21-10-12-23-58(52)70(60)49-17-6-2-7-18-49)41-56(62)57-42-48(30-36-63(57)72)46-28-34-61-55(40-46)53-22-11-13-24-59(53)71(61)50-19-8-3-9-20-50/h1-42H. The molecule has 0 radical (unpaired) electrons. The molecule has 5 heterocycles. The molecule has 0 spiro atoms. The maximum Gasteiger partial charge on any atom is 0.234 e. The van der Waals surface area contributed by atoms with Gasteiger partial charge in [0.15, 0.2) is 0 Å². The van der Waals surface area contributed by atoms with Crippen molar-refractivity contribution in [3.05, 3.63) is 255 Å². The molecule has 15 aromatic rings. The van der Waals surface area contributed by atoms with E-state index < -0.39 is 0 Å². The second-order valence-electron chi connectivity index (χ2n) is 18.7. The lowest BCUT2D eigenvalue weighted by molar-refractivity contribution is 1.11. The predicted octanol–water partition coefficient (Wildman–Crippen LogP) is 16.7. The van der Waals surface area contributed by atoms with Crippen molar-refractivity contribution in [2.45, 2.75) is 0 Å². The number of rotatable bonds is 7. The summed E-state index contributed by atoms with van der Waals surface area (Å²) in [6.07, 6.45) is 3.84. The van der Waals surface area contributed by atoms with Crippen molar-refractivity contribution >= 4 is 71.2 Å². The number of benzene rings is 10. The summed E-state index contributed by atoms with van der Waals surface area (Å²) in [4.78, 5) is 9.70. The van der Waals surface area contributed by atoms with Crippen LogP contribution >= 0.6 is 0 Å². The molecule has 6 nitrogen and oxygen atoms in total. The van der Waals surface area contributed by atoms with Gasteiger partial charge in [0.2, 0.25) is 5.78 Å². The van der Waals surface area contributed by atoms with Crippen LogP contribution in [0.15, 0.2) is 255 Å². The van der Waals surface area contributed by atoms with Gasteiger partial charge in [0, 0.05) is 72.9 Å². The highest BCUT2D eigenvalue weighted by Crippen LogP contribution is 2.42. The van der Waals surface area contributed by atoms with E-state index in [2.05, 4.69) is 254 Å². The Morgan fingerprint density at radius 3 is 1.12 bits per heavy atom. The number of nitrogens with zero attached hydrogens (tertiary/aromatic N) is 6. The third-order valence-electron chi connectivity index (χ3n) is 14.7. The van der Waals surface area contributed by atoms with Gasteiger partial charge in [-0.05, 0) is 125 Å². The second kappa shape index (κ2) is 15.9. The summed E-state index contributed by atoms with van der Waals surface area (Å²) in [6.45, 7) is 0. The van der Waals surface area contributed by atoms with Crippen LogP contribution in [-0.4, -0.2) is 28.1 Å². The second-order valence-corrected chi connectivity index (χ2v) is 18.7. The first-order chi connectivity index (χ1) is 35.7. The van der Waals surface area contributed by atoms with E-state index in [1.165, 1.54) is 76.6 Å². The van der Waals surface area contributed by atoms with E-state index in [9.17, 15) is 0 Å². The molecule has 72 heavy (non-hydrogen) atoms. The van der Waals surface area contributed by atoms with Crippen LogP contribution in [0.3, 0.4) is 0 Å². The van der Waals surface area contributed by atoms with E-state index in [-0.39, 0.29) is 0 Å². The molecule has 0 saturated heterocycles. The molecule has 0 aliphatic carbocycles. The van der Waals surface area contributed by atoms with Crippen molar-refractivity contribution in [1.29, 1.82) is 0 Å². The molecule has 0 amide bonds. The first-order valence-corrected chi connectivity index (χ1v) is 24.5. The lowest BCUT2D eigenvalue weighted by Crippen LogP contribution is -1.94. The van der Waals surface area contributed by atoms with Crippen molar-refractivity contribution < 1.29 is 0 Å². The van der Waals surface area contributed by atoms with Crippen LogP contribution < -0.4 is 0 Å². The van der Waals surface area contributed by atoms with Gasteiger partial charge in [-0.1, -0.05) is 140 Å². The molecule has 10 aromatic carbocycles. The highest BCUT2D eigenvalue weighted by molar-refractivity contribution is 6.14. The third kappa shape index (κ3) is 6.16. The Morgan fingerprint density at radius 2 is 0.653 bits per heavy atom. The van der Waals surface area contributed by atoms with Crippen LogP contribution in [0, 0.1) is 0 Å². The number of hydrogen-bond acceptors (Lipinski definition) is 2. The minimum Gasteiger partial charge on any atom is -0.309 e. The Morgan fingerprint density at radius 1 is 0.278 bits per heavy atom. The van der Waals surface area contributed by atoms with E-state index in [1.54, 1.807) is 6.20 Å². The molecule has 15 rings (SSSR count). The van der Waals surface area contributed by atoms with Gasteiger partial charge in [-0.2, -0.15) is 0 Å². The molecule has 6 heteroatoms. The fourth-order valence-corrected chi connectivity index (χ4v) is 11.4. The third-order valence-corrected chi connectivity index (χ3v) is 14.7. The zero-order valence-electron chi connectivity index (χ0n) is 38.9. The van der Waals surface area contributed by atoms with Gasteiger partial charge in [0.25, 0.3) is 0 Å². The van der Waals surface area contributed by atoms with Crippen LogP contribution in [-0.2, 0) is 0 Å². The zero-order valence-corrected chi connectivity index (χ0v) is 38.9. The molecule has 0 N–H and O–H groups in total. The summed E-state index contributed by atoms with van der Waals surface area (Å²) in [7, 11) is 0. The SMILES string of the molecule is c1ccc(-c2c(-c3ccc(-n4c5ccc(-c6ccc7c(c6)c6ccccc6n7-c6ccccc6)cc5c5cc(-c6ccc7c(c6)c6ccccc6n7-c6ccccc6)ccc54)cc3)nc3ncccn23)cc1. The number of fused-ring (bicyclic) bond motifs is 10. The molecule has 0 aliphatic rings. The van der Waals surface area contributed by atoms with Gasteiger partial charge in [0.1, 0.15) is 0 Å². The van der Waals surface area contributed by atoms with Crippen LogP contribution in [0.1, 0.15) is 0 Å². The molecule has 0 saturated carbocycles. The maximum absolute atomic E-state index is 5.08. The molecule has 0 unspecified atom stereocenters. The van der Waals surface area contributed by atoms with Crippen molar-refractivity contribution in [3.8, 4) is 61.8 Å². The van der Waals surface area contributed by atoms with Gasteiger partial charge in [-0.25, -0.2) is 9.97 Å². The number of imidazole rings is 1. The van der Waals surface area contributed by atoms with Gasteiger partial charge in [0.05, 0.1) is 44.5 Å². The number of aromatic nitrogens is 6. The van der Waals surface area contributed by atoms with Crippen LogP contribution in [0.25, 0.3) is 133 Å². The molecular weight excluding hydrogens is 877 g/mol. The number of para-hydroxylation sites is 4. The minimum absolute atomic E-state index is 0.673. The molecule has 0 fully saturated rings. The fourth-order valence-electron chi connectivity index (χ4n) is 11.4. The summed E-state index contributed by atoms with van der Waals surface area (Å²) in [6, 6.07) is 88.0. The van der Waals surface area contributed by atoms with Crippen LogP contribution in [0.4, 0.5) is 0 Å². The molecule has 0 aliphatic heterocycles. The molecule has 5 aromatic heterocycles. The normalized spacial score (nSPS) is 11.9. The Balaban J connectivity index is 0.911. The first kappa shape index (κ1) is 40.1. The minimum atomic E-state index is 0.673. The summed E-state index contributed by atoms with van der Waals surface area (Å²) >= 11 is 0. The van der Waals surface area contributed by atoms with Gasteiger partial charge < -0.3 is 13.7 Å². The van der Waals surface area contributed by atoms with Crippen molar-refractivity contribution in [2.24, 2.45) is 0 Å². The molecular formula is C66H42N6. The highest BCUT2D eigenvalue weighted by atomic mass is 15.1. The maximum atomic E-state index is 5.08. The predicted molar refractivity (Wildman–Crippen MR) is 298 cm³/mol. The van der Waals surface area contributed by atoms with Gasteiger partial charge in [-0.15, -0.1) is 0 Å². The fraction of sp³-hybridized carbons (Fsp3) is 0. The highest BCUT2D eigenvalue weighted by Gasteiger charge is 2.21. The lowest BCUT2D eigenvalue weighted by Gasteiger charge is -2.11. The van der Waals surface area contributed by atoms with Crippen molar-refractivity contribution in [1.82, 2.24) is 28.1 Å². The number of hydrogen-bond donors (Lipinski definition) is 0. The van der Waals surface area contributed by atoms with Gasteiger partial charge >= 0.3 is 0 Å². The summed E-state index contributed by atoms with van der Waals surface area (Å²) in [5.41, 5.74) is 19.2. The average molecular weight is 919 g/mol. The molecule has 0 atom stereocenters. The van der Waals surface area contributed by atoms with Crippen LogP contribution in [0.5, 0.6) is 0 Å². The van der Waals surface area contributed by atoms with Crippen LogP contribution in [0.2, 0.25) is 0 Å². The van der Waals surface area contributed by atoms with E-state index in [1.807, 2.05) is 18.3 Å². The Kier molecular flexibility index (Phi) is 8.86. The molecule has 0 bridgehead atoms. The largest absolute Gasteiger partial charge is 0.309 e. The Hall–Kier alpha value is -9.78. The first-order valence-electron chi connectivity index (χ1n) is 24.5. The summed E-state index contributed by atoms with van der Waals surface area (Å²) < 4.78 is 9.25. The smallest absolute Gasteiger partial charge is 0.234 e. The Labute approximate surface area is 414 Å². The van der Waals surface area contributed by atoms with Gasteiger partial charge in [-0.3, -0.25) is 4.40 Å². The average Bonchev–Trinajstić information content (AvgIpc) is 4.20. The summed E-state index contributed by atoms with van der Waals surface area (Å²) in [5, 5.41) is 7.34. The Bertz CT molecular complexity index is 4380. The van der Waals surface area contributed by atoms with E-state index >= 15 is 0 Å². The van der Waals surface area contributed by atoms with E-state index in [0.29, 0.717) is 5.78 Å².